The number of para-hydroxylation sites is 1. The van der Waals surface area contributed by atoms with Gasteiger partial charge in [-0.15, -0.1) is 0 Å². The highest BCUT2D eigenvalue weighted by Gasteiger charge is 2.13. The molecule has 1 aliphatic heterocycles. The third-order valence-corrected chi connectivity index (χ3v) is 2.17. The molecule has 0 spiro atoms. The minimum absolute atomic E-state index is 0.288. The van der Waals surface area contributed by atoms with Crippen LogP contribution in [0.4, 0.5) is 0 Å². The van der Waals surface area contributed by atoms with Crippen LogP contribution in [0.3, 0.4) is 0 Å². The van der Waals surface area contributed by atoms with E-state index in [1.165, 1.54) is 6.08 Å². The van der Waals surface area contributed by atoms with Gasteiger partial charge in [-0.2, -0.15) is 0 Å². The molecule has 0 atom stereocenters. The Balaban J connectivity index is 2.33. The van der Waals surface area contributed by atoms with Gasteiger partial charge in [0.1, 0.15) is 0 Å². The molecule has 0 saturated heterocycles. The first-order valence-corrected chi connectivity index (χ1v) is 4.83. The Morgan fingerprint density at radius 2 is 2.20 bits per heavy atom. The van der Waals surface area contributed by atoms with E-state index < -0.39 is 0 Å². The summed E-state index contributed by atoms with van der Waals surface area (Å²) in [4.78, 5) is 13.6. The van der Waals surface area contributed by atoms with Crippen molar-refractivity contribution in [3.05, 3.63) is 23.8 Å². The van der Waals surface area contributed by atoms with E-state index in [2.05, 4.69) is 4.99 Å². The second kappa shape index (κ2) is 4.62. The second-order valence-corrected chi connectivity index (χ2v) is 3.20. The predicted octanol–water partition coefficient (Wildman–Crippen LogP) is 1.68. The average Bonchev–Trinajstić information content (AvgIpc) is 2.51. The Morgan fingerprint density at radius 1 is 1.33 bits per heavy atom. The number of rotatable bonds is 2. The maximum Gasteiger partial charge on any atom is 0.235 e. The first-order chi connectivity index (χ1) is 7.42. The maximum atomic E-state index is 10.1. The Labute approximate surface area is 87.5 Å². The third-order valence-electron chi connectivity index (χ3n) is 2.17. The molecule has 78 valence electrons. The third kappa shape index (κ3) is 2.17. The van der Waals surface area contributed by atoms with Gasteiger partial charge < -0.3 is 9.47 Å². The molecule has 1 heterocycles. The molecule has 0 fully saturated rings. The van der Waals surface area contributed by atoms with Crippen LogP contribution < -0.4 is 9.47 Å². The van der Waals surface area contributed by atoms with E-state index in [4.69, 9.17) is 9.47 Å². The summed E-state index contributed by atoms with van der Waals surface area (Å²) < 4.78 is 11.1. The van der Waals surface area contributed by atoms with E-state index in [1.54, 1.807) is 0 Å². The van der Waals surface area contributed by atoms with Crippen LogP contribution in [0, 0.1) is 0 Å². The van der Waals surface area contributed by atoms with Gasteiger partial charge >= 0.3 is 0 Å². The highest BCUT2D eigenvalue weighted by atomic mass is 16.5. The van der Waals surface area contributed by atoms with Gasteiger partial charge in [0.25, 0.3) is 0 Å². The number of nitrogens with zero attached hydrogens (tertiary/aromatic N) is 1. The van der Waals surface area contributed by atoms with Gasteiger partial charge in [0.15, 0.2) is 11.5 Å². The summed E-state index contributed by atoms with van der Waals surface area (Å²) in [6, 6.07) is 5.59. The second-order valence-electron chi connectivity index (χ2n) is 3.20. The quantitative estimate of drug-likeness (QED) is 0.545. The van der Waals surface area contributed by atoms with Crippen LogP contribution in [0.15, 0.2) is 23.2 Å². The first-order valence-electron chi connectivity index (χ1n) is 4.83. The number of fused-ring (bicyclic) bond motifs is 1. The Morgan fingerprint density at radius 3 is 3.07 bits per heavy atom. The molecule has 0 aromatic heterocycles. The molecule has 2 rings (SSSR count). The lowest BCUT2D eigenvalue weighted by Gasteiger charge is -2.10. The zero-order valence-corrected chi connectivity index (χ0v) is 8.23. The lowest BCUT2D eigenvalue weighted by atomic mass is 10.2. The van der Waals surface area contributed by atoms with Crippen LogP contribution in [0.5, 0.6) is 11.5 Å². The minimum Gasteiger partial charge on any atom is -0.490 e. The number of hydrogen-bond donors (Lipinski definition) is 0. The topological polar surface area (TPSA) is 47.9 Å². The van der Waals surface area contributed by atoms with Gasteiger partial charge in [-0.25, -0.2) is 9.79 Å². The van der Waals surface area contributed by atoms with Crippen molar-refractivity contribution in [2.45, 2.75) is 13.0 Å². The van der Waals surface area contributed by atoms with E-state index in [9.17, 15) is 4.79 Å². The van der Waals surface area contributed by atoms with Gasteiger partial charge in [0.05, 0.1) is 19.8 Å². The van der Waals surface area contributed by atoms with E-state index in [1.807, 2.05) is 18.2 Å². The predicted molar refractivity (Wildman–Crippen MR) is 53.9 cm³/mol. The molecule has 0 aliphatic carbocycles. The van der Waals surface area contributed by atoms with Gasteiger partial charge in [-0.1, -0.05) is 12.1 Å². The Bertz CT molecular complexity index is 397. The van der Waals surface area contributed by atoms with E-state index >= 15 is 0 Å². The molecule has 0 N–H and O–H groups in total. The van der Waals surface area contributed by atoms with Crippen molar-refractivity contribution in [2.75, 3.05) is 13.2 Å². The summed E-state index contributed by atoms with van der Waals surface area (Å²) in [6.07, 6.45) is 2.38. The summed E-state index contributed by atoms with van der Waals surface area (Å²) in [5.74, 6) is 1.43. The first kappa shape index (κ1) is 9.74. The number of ether oxygens (including phenoxy) is 2. The monoisotopic (exact) mass is 205 g/mol. The zero-order chi connectivity index (χ0) is 10.5. The number of hydrogen-bond acceptors (Lipinski definition) is 4. The molecule has 0 unspecified atom stereocenters. The smallest absolute Gasteiger partial charge is 0.235 e. The van der Waals surface area contributed by atoms with Gasteiger partial charge in [-0.05, 0) is 6.07 Å². The minimum atomic E-state index is 0.288. The number of carbonyl (C=O) groups excluding carboxylic acids is 1. The molecule has 1 aliphatic rings. The van der Waals surface area contributed by atoms with E-state index in [0.717, 1.165) is 17.7 Å². The molecule has 0 saturated carbocycles. The molecular formula is C11H11NO3. The highest BCUT2D eigenvalue weighted by molar-refractivity contribution is 5.47. The van der Waals surface area contributed by atoms with Crippen molar-refractivity contribution >= 4 is 6.08 Å². The molecule has 4 heteroatoms. The van der Waals surface area contributed by atoms with Crippen LogP contribution in [0.2, 0.25) is 0 Å². The molecule has 0 radical (unpaired) electrons. The molecule has 1 aromatic carbocycles. The molecule has 0 amide bonds. The maximum absolute atomic E-state index is 10.1. The summed E-state index contributed by atoms with van der Waals surface area (Å²) in [7, 11) is 0. The van der Waals surface area contributed by atoms with Crippen molar-refractivity contribution in [3.8, 4) is 11.5 Å². The van der Waals surface area contributed by atoms with Crippen LogP contribution in [0.25, 0.3) is 0 Å². The fourth-order valence-corrected chi connectivity index (χ4v) is 1.50. The van der Waals surface area contributed by atoms with Gasteiger partial charge in [0.2, 0.25) is 6.08 Å². The van der Waals surface area contributed by atoms with Crippen LogP contribution >= 0.6 is 0 Å². The van der Waals surface area contributed by atoms with E-state index in [-0.39, 0.29) is 6.54 Å². The SMILES string of the molecule is O=C=NCc1cccc2c1OCCCO2. The largest absolute Gasteiger partial charge is 0.490 e. The highest BCUT2D eigenvalue weighted by Crippen LogP contribution is 2.33. The Hall–Kier alpha value is -1.80. The van der Waals surface area contributed by atoms with Crippen LogP contribution in [0.1, 0.15) is 12.0 Å². The average molecular weight is 205 g/mol. The summed E-state index contributed by atoms with van der Waals surface area (Å²) in [5.41, 5.74) is 0.859. The van der Waals surface area contributed by atoms with Crippen LogP contribution in [-0.2, 0) is 11.3 Å². The summed E-state index contributed by atoms with van der Waals surface area (Å²) in [5, 5.41) is 0. The lowest BCUT2D eigenvalue weighted by molar-refractivity contribution is 0.296. The van der Waals surface area contributed by atoms with Crippen molar-refractivity contribution < 1.29 is 14.3 Å². The number of aliphatic imine (C=N–C) groups is 1. The molecule has 4 nitrogen and oxygen atoms in total. The van der Waals surface area contributed by atoms with Gasteiger partial charge in [-0.3, -0.25) is 0 Å². The van der Waals surface area contributed by atoms with Crippen molar-refractivity contribution in [1.82, 2.24) is 0 Å². The standard InChI is InChI=1S/C11H11NO3/c13-8-12-7-9-3-1-4-10-11(9)15-6-2-5-14-10/h1,3-4H,2,5-7H2. The fourth-order valence-electron chi connectivity index (χ4n) is 1.50. The number of benzene rings is 1. The fraction of sp³-hybridized carbons (Fsp3) is 0.364. The summed E-state index contributed by atoms with van der Waals surface area (Å²) >= 11 is 0. The summed E-state index contributed by atoms with van der Waals surface area (Å²) in [6.45, 7) is 1.58. The molecule has 15 heavy (non-hydrogen) atoms. The van der Waals surface area contributed by atoms with Crippen molar-refractivity contribution in [2.24, 2.45) is 4.99 Å². The Kier molecular flexibility index (Phi) is 3.00. The van der Waals surface area contributed by atoms with Crippen molar-refractivity contribution in [3.63, 3.8) is 0 Å². The zero-order valence-electron chi connectivity index (χ0n) is 8.23. The van der Waals surface area contributed by atoms with Crippen molar-refractivity contribution in [1.29, 1.82) is 0 Å². The normalized spacial score (nSPS) is 13.9. The molecular weight excluding hydrogens is 194 g/mol. The van der Waals surface area contributed by atoms with Gasteiger partial charge in [0, 0.05) is 12.0 Å². The lowest BCUT2D eigenvalue weighted by Crippen LogP contribution is -1.98. The van der Waals surface area contributed by atoms with E-state index in [0.29, 0.717) is 19.0 Å². The molecule has 1 aromatic rings. The molecule has 0 bridgehead atoms. The number of isocyanates is 1. The van der Waals surface area contributed by atoms with Crippen LogP contribution in [-0.4, -0.2) is 19.3 Å².